The molecular formula is C13H26N2O. The molecule has 0 bridgehead atoms. The van der Waals surface area contributed by atoms with Crippen molar-refractivity contribution in [1.29, 1.82) is 0 Å². The van der Waals surface area contributed by atoms with Crippen molar-refractivity contribution in [3.8, 4) is 0 Å². The van der Waals surface area contributed by atoms with Gasteiger partial charge in [0, 0.05) is 6.04 Å². The molecule has 0 aliphatic carbocycles. The average molecular weight is 226 g/mol. The number of hydrogen-bond acceptors (Lipinski definition) is 2. The highest BCUT2D eigenvalue weighted by Gasteiger charge is 2.11. The molecule has 0 rings (SSSR count). The molecule has 3 nitrogen and oxygen atoms in total. The smallest absolute Gasteiger partial charge is 0.237 e. The van der Waals surface area contributed by atoms with Crippen LogP contribution in [0.5, 0.6) is 0 Å². The average Bonchev–Trinajstić information content (AvgIpc) is 2.21. The van der Waals surface area contributed by atoms with Crippen molar-refractivity contribution >= 4 is 5.91 Å². The third-order valence-corrected chi connectivity index (χ3v) is 2.36. The van der Waals surface area contributed by atoms with Gasteiger partial charge in [0.1, 0.15) is 0 Å². The minimum absolute atomic E-state index is 0.0843. The van der Waals surface area contributed by atoms with Gasteiger partial charge >= 0.3 is 0 Å². The van der Waals surface area contributed by atoms with Gasteiger partial charge in [-0.15, -0.1) is 6.58 Å². The van der Waals surface area contributed by atoms with E-state index in [0.717, 1.165) is 19.4 Å². The Morgan fingerprint density at radius 2 is 1.94 bits per heavy atom. The van der Waals surface area contributed by atoms with Gasteiger partial charge in [-0.25, -0.2) is 0 Å². The molecule has 3 heteroatoms. The fraction of sp³-hybridized carbons (Fsp3) is 0.769. The predicted octanol–water partition coefficient (Wildman–Crippen LogP) is 2.24. The Kier molecular flexibility index (Phi) is 8.91. The maximum atomic E-state index is 11.5. The molecule has 0 saturated carbocycles. The summed E-state index contributed by atoms with van der Waals surface area (Å²) in [5.41, 5.74) is 0. The molecule has 1 amide bonds. The molecule has 1 atom stereocenters. The first-order valence-corrected chi connectivity index (χ1v) is 6.22. The van der Waals surface area contributed by atoms with Crippen LogP contribution in [-0.4, -0.2) is 24.5 Å². The van der Waals surface area contributed by atoms with Gasteiger partial charge < -0.3 is 10.6 Å². The van der Waals surface area contributed by atoms with Crippen molar-refractivity contribution in [2.45, 2.75) is 58.5 Å². The maximum absolute atomic E-state index is 11.5. The third-order valence-electron chi connectivity index (χ3n) is 2.36. The van der Waals surface area contributed by atoms with E-state index in [2.05, 4.69) is 17.2 Å². The van der Waals surface area contributed by atoms with Crippen LogP contribution in [0.4, 0.5) is 0 Å². The van der Waals surface area contributed by atoms with Crippen LogP contribution >= 0.6 is 0 Å². The number of hydrogen-bond donors (Lipinski definition) is 2. The highest BCUT2D eigenvalue weighted by Crippen LogP contribution is 1.99. The van der Waals surface area contributed by atoms with Crippen molar-refractivity contribution in [1.82, 2.24) is 10.6 Å². The zero-order valence-electron chi connectivity index (χ0n) is 10.9. The van der Waals surface area contributed by atoms with Gasteiger partial charge in [-0.1, -0.05) is 12.5 Å². The van der Waals surface area contributed by atoms with Crippen molar-refractivity contribution in [3.05, 3.63) is 12.7 Å². The molecule has 0 radical (unpaired) electrons. The van der Waals surface area contributed by atoms with Crippen molar-refractivity contribution in [2.24, 2.45) is 0 Å². The summed E-state index contributed by atoms with van der Waals surface area (Å²) in [7, 11) is 0. The molecule has 0 heterocycles. The molecule has 16 heavy (non-hydrogen) atoms. The molecule has 1 unspecified atom stereocenters. The molecule has 0 aliphatic heterocycles. The second-order valence-corrected chi connectivity index (χ2v) is 4.48. The first kappa shape index (κ1) is 15.2. The van der Waals surface area contributed by atoms with E-state index in [1.165, 1.54) is 12.8 Å². The summed E-state index contributed by atoms with van der Waals surface area (Å²) in [6.07, 6.45) is 6.54. The number of rotatable bonds is 9. The zero-order chi connectivity index (χ0) is 12.4. The molecule has 0 saturated heterocycles. The fourth-order valence-electron chi connectivity index (χ4n) is 1.41. The highest BCUT2D eigenvalue weighted by atomic mass is 16.2. The Morgan fingerprint density at radius 3 is 2.50 bits per heavy atom. The van der Waals surface area contributed by atoms with Gasteiger partial charge in [0.05, 0.1) is 6.04 Å². The fourth-order valence-corrected chi connectivity index (χ4v) is 1.41. The summed E-state index contributed by atoms with van der Waals surface area (Å²) in [6, 6.07) is 0.117. The zero-order valence-corrected chi connectivity index (χ0v) is 10.9. The minimum Gasteiger partial charge on any atom is -0.353 e. The first-order valence-electron chi connectivity index (χ1n) is 6.22. The van der Waals surface area contributed by atoms with Crippen LogP contribution < -0.4 is 10.6 Å². The topological polar surface area (TPSA) is 41.1 Å². The second kappa shape index (κ2) is 9.40. The largest absolute Gasteiger partial charge is 0.353 e. The van der Waals surface area contributed by atoms with Crippen LogP contribution in [0.15, 0.2) is 12.7 Å². The maximum Gasteiger partial charge on any atom is 0.237 e. The summed E-state index contributed by atoms with van der Waals surface area (Å²) in [6.45, 7) is 10.4. The SMILES string of the molecule is C=CCCCCCNC(C)C(=O)NC(C)C. The Bertz CT molecular complexity index is 202. The molecule has 0 spiro atoms. The normalized spacial score (nSPS) is 12.5. The molecule has 0 aromatic rings. The van der Waals surface area contributed by atoms with E-state index < -0.39 is 0 Å². The van der Waals surface area contributed by atoms with E-state index in [-0.39, 0.29) is 18.0 Å². The Labute approximate surface area is 99.7 Å². The molecule has 94 valence electrons. The Morgan fingerprint density at radius 1 is 1.25 bits per heavy atom. The van der Waals surface area contributed by atoms with Crippen LogP contribution in [0.3, 0.4) is 0 Å². The lowest BCUT2D eigenvalue weighted by molar-refractivity contribution is -0.123. The van der Waals surface area contributed by atoms with Gasteiger partial charge in [-0.05, 0) is 46.6 Å². The Balaban J connectivity index is 3.45. The minimum atomic E-state index is -0.0956. The van der Waals surface area contributed by atoms with Gasteiger partial charge in [0.15, 0.2) is 0 Å². The summed E-state index contributed by atoms with van der Waals surface area (Å²) in [5.74, 6) is 0.0843. The van der Waals surface area contributed by atoms with Crippen molar-refractivity contribution < 1.29 is 4.79 Å². The molecule has 0 aromatic carbocycles. The molecule has 2 N–H and O–H groups in total. The highest BCUT2D eigenvalue weighted by molar-refractivity contribution is 5.81. The molecule has 0 aromatic heterocycles. The van der Waals surface area contributed by atoms with Gasteiger partial charge in [0.2, 0.25) is 5.91 Å². The summed E-state index contributed by atoms with van der Waals surface area (Å²) < 4.78 is 0. The first-order chi connectivity index (χ1) is 7.57. The quantitative estimate of drug-likeness (QED) is 0.467. The van der Waals surface area contributed by atoms with Gasteiger partial charge in [0.25, 0.3) is 0 Å². The lowest BCUT2D eigenvalue weighted by atomic mass is 10.2. The van der Waals surface area contributed by atoms with Crippen molar-refractivity contribution in [3.63, 3.8) is 0 Å². The monoisotopic (exact) mass is 226 g/mol. The lowest BCUT2D eigenvalue weighted by Crippen LogP contribution is -2.44. The number of amides is 1. The number of allylic oxidation sites excluding steroid dienone is 1. The number of carbonyl (C=O) groups is 1. The van der Waals surface area contributed by atoms with Gasteiger partial charge in [-0.2, -0.15) is 0 Å². The van der Waals surface area contributed by atoms with E-state index in [1.807, 2.05) is 26.8 Å². The van der Waals surface area contributed by atoms with E-state index in [9.17, 15) is 4.79 Å². The van der Waals surface area contributed by atoms with E-state index >= 15 is 0 Å². The number of unbranched alkanes of at least 4 members (excludes halogenated alkanes) is 3. The number of carbonyl (C=O) groups excluding carboxylic acids is 1. The molecule has 0 aliphatic rings. The van der Waals surface area contributed by atoms with Crippen LogP contribution in [0.2, 0.25) is 0 Å². The predicted molar refractivity (Wildman–Crippen MR) is 69.4 cm³/mol. The van der Waals surface area contributed by atoms with E-state index in [4.69, 9.17) is 0 Å². The third kappa shape index (κ3) is 8.48. The van der Waals surface area contributed by atoms with Gasteiger partial charge in [-0.3, -0.25) is 4.79 Å². The summed E-state index contributed by atoms with van der Waals surface area (Å²) in [5, 5.41) is 6.12. The number of nitrogens with one attached hydrogen (secondary N) is 2. The van der Waals surface area contributed by atoms with Crippen LogP contribution in [0.1, 0.15) is 46.5 Å². The molecular weight excluding hydrogens is 200 g/mol. The van der Waals surface area contributed by atoms with Crippen LogP contribution in [-0.2, 0) is 4.79 Å². The summed E-state index contributed by atoms with van der Waals surface area (Å²) >= 11 is 0. The second-order valence-electron chi connectivity index (χ2n) is 4.48. The van der Waals surface area contributed by atoms with Crippen molar-refractivity contribution in [2.75, 3.05) is 6.54 Å². The lowest BCUT2D eigenvalue weighted by Gasteiger charge is -2.15. The van der Waals surface area contributed by atoms with E-state index in [1.54, 1.807) is 0 Å². The summed E-state index contributed by atoms with van der Waals surface area (Å²) in [4.78, 5) is 11.5. The molecule has 0 fully saturated rings. The van der Waals surface area contributed by atoms with E-state index in [0.29, 0.717) is 0 Å². The van der Waals surface area contributed by atoms with Crippen LogP contribution in [0.25, 0.3) is 0 Å². The standard InChI is InChI=1S/C13H26N2O/c1-5-6-7-8-9-10-14-12(4)13(16)15-11(2)3/h5,11-12,14H,1,6-10H2,2-4H3,(H,15,16). The van der Waals surface area contributed by atoms with Crippen LogP contribution in [0, 0.1) is 0 Å². The Hall–Kier alpha value is -0.830.